The molecule has 0 spiro atoms. The van der Waals surface area contributed by atoms with Crippen LogP contribution in [0.15, 0.2) is 24.5 Å². The van der Waals surface area contributed by atoms with Crippen molar-refractivity contribution in [2.24, 2.45) is 5.92 Å². The summed E-state index contributed by atoms with van der Waals surface area (Å²) in [5.74, 6) is -0.0725. The first-order chi connectivity index (χ1) is 10.5. The molecule has 1 aromatic heterocycles. The highest BCUT2D eigenvalue weighted by molar-refractivity contribution is 5.87. The Hall–Kier alpha value is -2.11. The number of rotatable bonds is 4. The van der Waals surface area contributed by atoms with E-state index >= 15 is 0 Å². The molecule has 6 heteroatoms. The number of hydrogen-bond acceptors (Lipinski definition) is 4. The van der Waals surface area contributed by atoms with Gasteiger partial charge in [-0.1, -0.05) is 13.8 Å². The molecule has 22 heavy (non-hydrogen) atoms. The maximum atomic E-state index is 12.6. The second-order valence-corrected chi connectivity index (χ2v) is 5.94. The van der Waals surface area contributed by atoms with Gasteiger partial charge in [0, 0.05) is 51.2 Å². The molecule has 0 radical (unpaired) electrons. The number of anilines is 1. The van der Waals surface area contributed by atoms with Gasteiger partial charge in [0.25, 0.3) is 0 Å². The first-order valence-corrected chi connectivity index (χ1v) is 7.70. The van der Waals surface area contributed by atoms with Crippen molar-refractivity contribution in [2.45, 2.75) is 26.8 Å². The number of carbonyl (C=O) groups is 2. The van der Waals surface area contributed by atoms with Crippen molar-refractivity contribution in [1.29, 1.82) is 0 Å². The second-order valence-electron chi connectivity index (χ2n) is 5.94. The van der Waals surface area contributed by atoms with Crippen molar-refractivity contribution in [3.05, 3.63) is 24.5 Å². The highest BCUT2D eigenvalue weighted by atomic mass is 16.2. The van der Waals surface area contributed by atoms with E-state index < -0.39 is 6.04 Å². The molecule has 0 aromatic carbocycles. The number of piperazine rings is 1. The highest BCUT2D eigenvalue weighted by Gasteiger charge is 2.30. The summed E-state index contributed by atoms with van der Waals surface area (Å²) >= 11 is 0. The maximum Gasteiger partial charge on any atom is 0.245 e. The van der Waals surface area contributed by atoms with Crippen LogP contribution in [0, 0.1) is 5.92 Å². The van der Waals surface area contributed by atoms with E-state index in [1.165, 1.54) is 6.92 Å². The smallest absolute Gasteiger partial charge is 0.245 e. The first-order valence-electron chi connectivity index (χ1n) is 7.70. The number of amides is 2. The monoisotopic (exact) mass is 304 g/mol. The van der Waals surface area contributed by atoms with Gasteiger partial charge >= 0.3 is 0 Å². The van der Waals surface area contributed by atoms with Crippen LogP contribution in [0.2, 0.25) is 0 Å². The summed E-state index contributed by atoms with van der Waals surface area (Å²) in [6.45, 7) is 8.27. The van der Waals surface area contributed by atoms with Gasteiger partial charge in [0.15, 0.2) is 0 Å². The van der Waals surface area contributed by atoms with Crippen molar-refractivity contribution >= 4 is 17.5 Å². The number of aromatic nitrogens is 1. The molecule has 1 unspecified atom stereocenters. The van der Waals surface area contributed by atoms with Crippen LogP contribution in [0.4, 0.5) is 5.69 Å². The fourth-order valence-electron chi connectivity index (χ4n) is 2.67. The maximum absolute atomic E-state index is 12.6. The summed E-state index contributed by atoms with van der Waals surface area (Å²) in [5, 5.41) is 2.77. The van der Waals surface area contributed by atoms with Crippen molar-refractivity contribution < 1.29 is 9.59 Å². The lowest BCUT2D eigenvalue weighted by Gasteiger charge is -2.38. The molecular weight excluding hydrogens is 280 g/mol. The molecule has 2 rings (SSSR count). The molecule has 1 aromatic rings. The molecular formula is C16H24N4O2. The van der Waals surface area contributed by atoms with Gasteiger partial charge < -0.3 is 15.1 Å². The van der Waals surface area contributed by atoms with Crippen LogP contribution in [0.3, 0.4) is 0 Å². The summed E-state index contributed by atoms with van der Waals surface area (Å²) in [5.41, 5.74) is 1.13. The molecule has 1 aliphatic heterocycles. The van der Waals surface area contributed by atoms with E-state index in [9.17, 15) is 9.59 Å². The topological polar surface area (TPSA) is 65.5 Å². The first kappa shape index (κ1) is 16.3. The van der Waals surface area contributed by atoms with E-state index in [4.69, 9.17) is 0 Å². The Bertz CT molecular complexity index is 510. The zero-order valence-electron chi connectivity index (χ0n) is 13.5. The van der Waals surface area contributed by atoms with E-state index in [1.54, 1.807) is 12.4 Å². The van der Waals surface area contributed by atoms with Crippen molar-refractivity contribution in [3.8, 4) is 0 Å². The summed E-state index contributed by atoms with van der Waals surface area (Å²) in [4.78, 5) is 32.0. The Morgan fingerprint density at radius 2 is 1.73 bits per heavy atom. The molecule has 6 nitrogen and oxygen atoms in total. The summed E-state index contributed by atoms with van der Waals surface area (Å²) in [6, 6.07) is 3.52. The van der Waals surface area contributed by atoms with Gasteiger partial charge in [-0.2, -0.15) is 0 Å². The van der Waals surface area contributed by atoms with Crippen LogP contribution in [-0.4, -0.2) is 53.9 Å². The van der Waals surface area contributed by atoms with Gasteiger partial charge in [-0.05, 0) is 18.1 Å². The van der Waals surface area contributed by atoms with Crippen molar-refractivity contribution in [1.82, 2.24) is 15.2 Å². The van der Waals surface area contributed by atoms with Crippen LogP contribution in [0.1, 0.15) is 20.8 Å². The zero-order valence-corrected chi connectivity index (χ0v) is 13.5. The van der Waals surface area contributed by atoms with Crippen LogP contribution >= 0.6 is 0 Å². The third kappa shape index (κ3) is 3.96. The largest absolute Gasteiger partial charge is 0.368 e. The molecule has 0 aliphatic carbocycles. The second kappa shape index (κ2) is 7.24. The third-order valence-corrected chi connectivity index (χ3v) is 3.91. The lowest BCUT2D eigenvalue weighted by Crippen LogP contribution is -2.56. The normalized spacial score (nSPS) is 16.5. The minimum atomic E-state index is -0.440. The number of nitrogens with one attached hydrogen (secondary N) is 1. The van der Waals surface area contributed by atoms with Gasteiger partial charge in [0.2, 0.25) is 11.8 Å². The molecule has 1 atom stereocenters. The van der Waals surface area contributed by atoms with Crippen LogP contribution in [0.5, 0.6) is 0 Å². The molecule has 0 saturated carbocycles. The van der Waals surface area contributed by atoms with Gasteiger partial charge in [0.05, 0.1) is 0 Å². The Kier molecular flexibility index (Phi) is 5.35. The Morgan fingerprint density at radius 3 is 2.23 bits per heavy atom. The molecule has 2 amide bonds. The van der Waals surface area contributed by atoms with Gasteiger partial charge in [-0.15, -0.1) is 0 Å². The van der Waals surface area contributed by atoms with Crippen molar-refractivity contribution in [3.63, 3.8) is 0 Å². The number of pyridine rings is 1. The number of carbonyl (C=O) groups excluding carboxylic acids is 2. The lowest BCUT2D eigenvalue weighted by atomic mass is 10.0. The molecule has 2 heterocycles. The SMILES string of the molecule is CC(=O)NC(C(=O)N1CCN(c2ccncc2)CC1)C(C)C. The Balaban J connectivity index is 1.95. The number of nitrogens with zero attached hydrogens (tertiary/aromatic N) is 3. The molecule has 1 saturated heterocycles. The molecule has 0 bridgehead atoms. The van der Waals surface area contributed by atoms with E-state index in [0.717, 1.165) is 18.8 Å². The van der Waals surface area contributed by atoms with E-state index in [-0.39, 0.29) is 17.7 Å². The molecule has 120 valence electrons. The average molecular weight is 304 g/mol. The fourth-order valence-corrected chi connectivity index (χ4v) is 2.67. The zero-order chi connectivity index (χ0) is 16.1. The third-order valence-electron chi connectivity index (χ3n) is 3.91. The van der Waals surface area contributed by atoms with Crippen LogP contribution in [-0.2, 0) is 9.59 Å². The van der Waals surface area contributed by atoms with Crippen molar-refractivity contribution in [2.75, 3.05) is 31.1 Å². The fraction of sp³-hybridized carbons (Fsp3) is 0.562. The molecule has 1 fully saturated rings. The minimum absolute atomic E-state index is 0.0135. The standard InChI is InChI=1S/C16H24N4O2/c1-12(2)15(18-13(3)21)16(22)20-10-8-19(9-11-20)14-4-6-17-7-5-14/h4-7,12,15H,8-11H2,1-3H3,(H,18,21). The Labute approximate surface area is 131 Å². The van der Waals surface area contributed by atoms with Gasteiger partial charge in [-0.25, -0.2) is 0 Å². The summed E-state index contributed by atoms with van der Waals surface area (Å²) in [6.07, 6.45) is 3.55. The van der Waals surface area contributed by atoms with E-state index in [1.807, 2.05) is 30.9 Å². The molecule has 1 aliphatic rings. The quantitative estimate of drug-likeness (QED) is 0.897. The predicted octanol–water partition coefficient (Wildman–Crippen LogP) is 0.891. The van der Waals surface area contributed by atoms with Crippen LogP contribution < -0.4 is 10.2 Å². The molecule has 1 N–H and O–H groups in total. The van der Waals surface area contributed by atoms with Crippen LogP contribution in [0.25, 0.3) is 0 Å². The van der Waals surface area contributed by atoms with Gasteiger partial charge in [-0.3, -0.25) is 14.6 Å². The minimum Gasteiger partial charge on any atom is -0.368 e. The average Bonchev–Trinajstić information content (AvgIpc) is 2.52. The lowest BCUT2D eigenvalue weighted by molar-refractivity contribution is -0.137. The van der Waals surface area contributed by atoms with Gasteiger partial charge in [0.1, 0.15) is 6.04 Å². The van der Waals surface area contributed by atoms with E-state index in [0.29, 0.717) is 13.1 Å². The summed E-state index contributed by atoms with van der Waals surface area (Å²) in [7, 11) is 0. The van der Waals surface area contributed by atoms with E-state index in [2.05, 4.69) is 15.2 Å². The predicted molar refractivity (Wildman–Crippen MR) is 85.5 cm³/mol. The number of hydrogen-bond donors (Lipinski definition) is 1. The Morgan fingerprint density at radius 1 is 1.14 bits per heavy atom. The highest BCUT2D eigenvalue weighted by Crippen LogP contribution is 2.16. The summed E-state index contributed by atoms with van der Waals surface area (Å²) < 4.78 is 0.